The van der Waals surface area contributed by atoms with E-state index in [9.17, 15) is 5.11 Å². The number of aromatic nitrogens is 2. The number of rotatable bonds is 8. The summed E-state index contributed by atoms with van der Waals surface area (Å²) < 4.78 is 18.2. The third-order valence-electron chi connectivity index (χ3n) is 3.90. The summed E-state index contributed by atoms with van der Waals surface area (Å²) in [5.74, 6) is 2.03. The van der Waals surface area contributed by atoms with Crippen LogP contribution in [0.2, 0.25) is 0 Å². The standard InChI is InChI=1S/C19H22N2O4/c1-23-13-19-20-15-7-3-4-8-16(15)21(19)11-14(22)12-25-18-10-6-5-9-17(18)24-2/h3-10,14,22H,11-13H2,1-2H3. The third kappa shape index (κ3) is 3.92. The minimum absolute atomic E-state index is 0.152. The SMILES string of the molecule is COCc1nc2ccccc2n1CC(O)COc1ccccc1OC. The number of imidazole rings is 1. The van der Waals surface area contributed by atoms with Crippen molar-refractivity contribution in [1.29, 1.82) is 0 Å². The van der Waals surface area contributed by atoms with Gasteiger partial charge in [0.25, 0.3) is 0 Å². The van der Waals surface area contributed by atoms with Gasteiger partial charge >= 0.3 is 0 Å². The van der Waals surface area contributed by atoms with Crippen LogP contribution in [0.3, 0.4) is 0 Å². The molecule has 2 aromatic carbocycles. The molecule has 0 aliphatic rings. The van der Waals surface area contributed by atoms with Crippen molar-refractivity contribution in [2.75, 3.05) is 20.8 Å². The number of benzene rings is 2. The number of ether oxygens (including phenoxy) is 3. The minimum Gasteiger partial charge on any atom is -0.493 e. The molecule has 0 amide bonds. The molecule has 25 heavy (non-hydrogen) atoms. The smallest absolute Gasteiger partial charge is 0.161 e. The molecular formula is C19H22N2O4. The lowest BCUT2D eigenvalue weighted by Crippen LogP contribution is -2.24. The summed E-state index contributed by atoms with van der Waals surface area (Å²) in [5, 5.41) is 10.4. The predicted octanol–water partition coefficient (Wildman–Crippen LogP) is 2.63. The van der Waals surface area contributed by atoms with Gasteiger partial charge in [-0.3, -0.25) is 0 Å². The number of aliphatic hydroxyl groups excluding tert-OH is 1. The highest BCUT2D eigenvalue weighted by atomic mass is 16.5. The van der Waals surface area contributed by atoms with Crippen molar-refractivity contribution in [3.05, 3.63) is 54.4 Å². The van der Waals surface area contributed by atoms with Gasteiger partial charge in [0, 0.05) is 7.11 Å². The van der Waals surface area contributed by atoms with Crippen molar-refractivity contribution in [3.8, 4) is 11.5 Å². The van der Waals surface area contributed by atoms with Crippen LogP contribution in [-0.4, -0.2) is 41.6 Å². The van der Waals surface area contributed by atoms with E-state index in [-0.39, 0.29) is 6.61 Å². The molecule has 0 spiro atoms. The summed E-state index contributed by atoms with van der Waals surface area (Å²) in [5.41, 5.74) is 1.85. The van der Waals surface area contributed by atoms with Crippen LogP contribution in [0.15, 0.2) is 48.5 Å². The molecule has 3 rings (SSSR count). The maximum Gasteiger partial charge on any atom is 0.161 e. The van der Waals surface area contributed by atoms with Crippen molar-refractivity contribution in [3.63, 3.8) is 0 Å². The maximum absolute atomic E-state index is 10.4. The molecule has 0 saturated carbocycles. The van der Waals surface area contributed by atoms with E-state index in [0.717, 1.165) is 16.9 Å². The molecule has 0 bridgehead atoms. The first-order valence-electron chi connectivity index (χ1n) is 8.10. The van der Waals surface area contributed by atoms with Crippen molar-refractivity contribution in [2.24, 2.45) is 0 Å². The molecule has 6 nitrogen and oxygen atoms in total. The first kappa shape index (κ1) is 17.3. The van der Waals surface area contributed by atoms with Gasteiger partial charge in [0.2, 0.25) is 0 Å². The molecule has 6 heteroatoms. The molecule has 1 aromatic heterocycles. The molecule has 0 fully saturated rings. The van der Waals surface area contributed by atoms with E-state index in [1.165, 1.54) is 0 Å². The molecule has 0 aliphatic heterocycles. The van der Waals surface area contributed by atoms with Gasteiger partial charge in [0.1, 0.15) is 25.1 Å². The third-order valence-corrected chi connectivity index (χ3v) is 3.90. The fourth-order valence-electron chi connectivity index (χ4n) is 2.76. The molecule has 0 radical (unpaired) electrons. The Balaban J connectivity index is 1.73. The van der Waals surface area contributed by atoms with Crippen LogP contribution in [0.25, 0.3) is 11.0 Å². The van der Waals surface area contributed by atoms with E-state index in [1.54, 1.807) is 14.2 Å². The van der Waals surface area contributed by atoms with Gasteiger partial charge in [0.15, 0.2) is 11.5 Å². The highest BCUT2D eigenvalue weighted by Gasteiger charge is 2.15. The molecular weight excluding hydrogens is 320 g/mol. The van der Waals surface area contributed by atoms with Crippen LogP contribution in [-0.2, 0) is 17.9 Å². The Kier molecular flexibility index (Phi) is 5.53. The highest BCUT2D eigenvalue weighted by Crippen LogP contribution is 2.26. The summed E-state index contributed by atoms with van der Waals surface area (Å²) in [7, 11) is 3.22. The van der Waals surface area contributed by atoms with Gasteiger partial charge in [-0.05, 0) is 24.3 Å². The lowest BCUT2D eigenvalue weighted by Gasteiger charge is -2.16. The molecule has 1 heterocycles. The van der Waals surface area contributed by atoms with E-state index in [4.69, 9.17) is 14.2 Å². The molecule has 1 unspecified atom stereocenters. The zero-order valence-corrected chi connectivity index (χ0v) is 14.4. The topological polar surface area (TPSA) is 65.7 Å². The van der Waals surface area contributed by atoms with Crippen LogP contribution in [0.5, 0.6) is 11.5 Å². The zero-order valence-electron chi connectivity index (χ0n) is 14.4. The monoisotopic (exact) mass is 342 g/mol. The number of para-hydroxylation sites is 4. The second kappa shape index (κ2) is 8.00. The lowest BCUT2D eigenvalue weighted by atomic mass is 10.3. The van der Waals surface area contributed by atoms with Gasteiger partial charge in [-0.2, -0.15) is 0 Å². The van der Waals surface area contributed by atoms with E-state index >= 15 is 0 Å². The maximum atomic E-state index is 10.4. The van der Waals surface area contributed by atoms with Crippen molar-refractivity contribution in [1.82, 2.24) is 9.55 Å². The summed E-state index contributed by atoms with van der Waals surface area (Å²) in [6.45, 7) is 0.905. The number of methoxy groups -OCH3 is 2. The molecule has 132 valence electrons. The van der Waals surface area contributed by atoms with Gasteiger partial charge in [-0.25, -0.2) is 4.98 Å². The normalized spacial score (nSPS) is 12.3. The summed E-state index contributed by atoms with van der Waals surface area (Å²) in [6, 6.07) is 15.2. The fraction of sp³-hybridized carbons (Fsp3) is 0.316. The predicted molar refractivity (Wildman–Crippen MR) is 94.9 cm³/mol. The molecule has 1 N–H and O–H groups in total. The van der Waals surface area contributed by atoms with Gasteiger partial charge in [0.05, 0.1) is 24.7 Å². The van der Waals surface area contributed by atoms with Gasteiger partial charge in [-0.15, -0.1) is 0 Å². The molecule has 1 atom stereocenters. The van der Waals surface area contributed by atoms with Gasteiger partial charge < -0.3 is 23.9 Å². The molecule has 0 aliphatic carbocycles. The number of hydrogen-bond donors (Lipinski definition) is 1. The average Bonchev–Trinajstić information content (AvgIpc) is 2.98. The van der Waals surface area contributed by atoms with E-state index in [0.29, 0.717) is 24.7 Å². The highest BCUT2D eigenvalue weighted by molar-refractivity contribution is 5.75. The number of aliphatic hydroxyl groups is 1. The zero-order chi connectivity index (χ0) is 17.6. The Hall–Kier alpha value is -2.57. The van der Waals surface area contributed by atoms with Crippen LogP contribution >= 0.6 is 0 Å². The van der Waals surface area contributed by atoms with Crippen molar-refractivity contribution >= 4 is 11.0 Å². The number of nitrogens with zero attached hydrogens (tertiary/aromatic N) is 2. The van der Waals surface area contributed by atoms with Crippen LogP contribution in [0.4, 0.5) is 0 Å². The van der Waals surface area contributed by atoms with Crippen molar-refractivity contribution < 1.29 is 19.3 Å². The van der Waals surface area contributed by atoms with Crippen LogP contribution < -0.4 is 9.47 Å². The number of hydrogen-bond acceptors (Lipinski definition) is 5. The van der Waals surface area contributed by atoms with E-state index in [1.807, 2.05) is 53.1 Å². The van der Waals surface area contributed by atoms with Crippen LogP contribution in [0, 0.1) is 0 Å². The summed E-state index contributed by atoms with van der Waals surface area (Å²) >= 11 is 0. The van der Waals surface area contributed by atoms with Crippen molar-refractivity contribution in [2.45, 2.75) is 19.3 Å². The minimum atomic E-state index is -0.696. The molecule has 0 saturated heterocycles. The Bertz CT molecular complexity index is 831. The second-order valence-corrected chi connectivity index (χ2v) is 5.68. The average molecular weight is 342 g/mol. The number of fused-ring (bicyclic) bond motifs is 1. The summed E-state index contributed by atoms with van der Waals surface area (Å²) in [6.07, 6.45) is -0.696. The van der Waals surface area contributed by atoms with E-state index in [2.05, 4.69) is 4.98 Å². The van der Waals surface area contributed by atoms with Crippen LogP contribution in [0.1, 0.15) is 5.82 Å². The Morgan fingerprint density at radius 1 is 1.04 bits per heavy atom. The fourth-order valence-corrected chi connectivity index (χ4v) is 2.76. The quantitative estimate of drug-likeness (QED) is 0.682. The summed E-state index contributed by atoms with van der Waals surface area (Å²) in [4.78, 5) is 4.57. The Morgan fingerprint density at radius 2 is 1.76 bits per heavy atom. The Labute approximate surface area is 146 Å². The first-order valence-corrected chi connectivity index (χ1v) is 8.10. The molecule has 3 aromatic rings. The first-order chi connectivity index (χ1) is 12.2. The second-order valence-electron chi connectivity index (χ2n) is 5.68. The van der Waals surface area contributed by atoms with E-state index < -0.39 is 6.10 Å². The lowest BCUT2D eigenvalue weighted by molar-refractivity contribution is 0.0887. The Morgan fingerprint density at radius 3 is 2.52 bits per heavy atom. The largest absolute Gasteiger partial charge is 0.493 e. The van der Waals surface area contributed by atoms with Gasteiger partial charge in [-0.1, -0.05) is 24.3 Å².